The number of hydrogen-bond acceptors (Lipinski definition) is 2. The molecule has 90 valence electrons. The quantitative estimate of drug-likeness (QED) is 0.742. The normalized spacial score (nSPS) is 46.8. The number of rotatable bonds is 2. The van der Waals surface area contributed by atoms with Gasteiger partial charge in [0, 0.05) is 5.54 Å². The van der Waals surface area contributed by atoms with Gasteiger partial charge in [0.25, 0.3) is 0 Å². The molecule has 4 aliphatic rings. The van der Waals surface area contributed by atoms with E-state index in [1.54, 1.807) is 6.92 Å². The predicted octanol–water partition coefficient (Wildman–Crippen LogP) is 1.42. The lowest BCUT2D eigenvalue weighted by Gasteiger charge is -2.57. The molecule has 0 aromatic carbocycles. The molecule has 0 aromatic rings. The molecule has 3 nitrogen and oxygen atoms in total. The van der Waals surface area contributed by atoms with Crippen LogP contribution in [0.2, 0.25) is 0 Å². The van der Waals surface area contributed by atoms with E-state index < -0.39 is 0 Å². The summed E-state index contributed by atoms with van der Waals surface area (Å²) in [5, 5.41) is 3.26. The van der Waals surface area contributed by atoms with Crippen molar-refractivity contribution in [2.45, 2.75) is 57.0 Å². The van der Waals surface area contributed by atoms with Gasteiger partial charge in [-0.05, 0) is 63.2 Å². The van der Waals surface area contributed by atoms with Crippen molar-refractivity contribution in [3.05, 3.63) is 0 Å². The fourth-order valence-electron chi connectivity index (χ4n) is 4.64. The SMILES string of the molecule is CC(N)C(=O)NC12CC3CC(CC(C3)C1)C2. The summed E-state index contributed by atoms with van der Waals surface area (Å²) in [6, 6.07) is -0.368. The number of hydrogen-bond donors (Lipinski definition) is 2. The van der Waals surface area contributed by atoms with Gasteiger partial charge in [0.1, 0.15) is 0 Å². The maximum Gasteiger partial charge on any atom is 0.237 e. The highest BCUT2D eigenvalue weighted by Crippen LogP contribution is 2.55. The minimum absolute atomic E-state index is 0.0435. The summed E-state index contributed by atoms with van der Waals surface area (Å²) in [5.74, 6) is 2.67. The molecule has 0 aliphatic heterocycles. The van der Waals surface area contributed by atoms with Gasteiger partial charge >= 0.3 is 0 Å². The summed E-state index contributed by atoms with van der Waals surface area (Å²) < 4.78 is 0. The third-order valence-corrected chi connectivity index (χ3v) is 4.84. The Morgan fingerprint density at radius 3 is 2.00 bits per heavy atom. The van der Waals surface area contributed by atoms with E-state index >= 15 is 0 Å². The van der Waals surface area contributed by atoms with E-state index in [0.29, 0.717) is 0 Å². The molecule has 0 saturated heterocycles. The van der Waals surface area contributed by atoms with Crippen LogP contribution in [0.5, 0.6) is 0 Å². The molecule has 0 spiro atoms. The van der Waals surface area contributed by atoms with Crippen molar-refractivity contribution >= 4 is 5.91 Å². The second-order valence-corrected chi connectivity index (χ2v) is 6.48. The Kier molecular flexibility index (Phi) is 2.29. The van der Waals surface area contributed by atoms with E-state index in [0.717, 1.165) is 17.8 Å². The smallest absolute Gasteiger partial charge is 0.237 e. The first kappa shape index (κ1) is 10.6. The van der Waals surface area contributed by atoms with E-state index in [2.05, 4.69) is 5.32 Å². The molecular formula is C13H22N2O. The third-order valence-electron chi connectivity index (χ3n) is 4.84. The van der Waals surface area contributed by atoms with E-state index in [-0.39, 0.29) is 17.5 Å². The van der Waals surface area contributed by atoms with Crippen LogP contribution < -0.4 is 11.1 Å². The van der Waals surface area contributed by atoms with Crippen molar-refractivity contribution in [3.63, 3.8) is 0 Å². The Labute approximate surface area is 97.2 Å². The van der Waals surface area contributed by atoms with E-state index in [1.807, 2.05) is 0 Å². The molecule has 0 radical (unpaired) electrons. The standard InChI is InChI=1S/C13H22N2O/c1-8(14)12(16)15-13-5-9-2-10(6-13)4-11(3-9)7-13/h8-11H,2-7,14H2,1H3,(H,15,16). The maximum atomic E-state index is 11.8. The van der Waals surface area contributed by atoms with Crippen LogP contribution in [0.4, 0.5) is 0 Å². The maximum absolute atomic E-state index is 11.8. The summed E-state index contributed by atoms with van der Waals surface area (Å²) >= 11 is 0. The average Bonchev–Trinajstić information content (AvgIpc) is 2.13. The monoisotopic (exact) mass is 222 g/mol. The van der Waals surface area contributed by atoms with Crippen LogP contribution in [0.1, 0.15) is 45.4 Å². The van der Waals surface area contributed by atoms with Gasteiger partial charge in [-0.25, -0.2) is 0 Å². The fraction of sp³-hybridized carbons (Fsp3) is 0.923. The number of nitrogens with two attached hydrogens (primary N) is 1. The fourth-order valence-corrected chi connectivity index (χ4v) is 4.64. The summed E-state index contributed by atoms with van der Waals surface area (Å²) in [6.45, 7) is 1.77. The number of amides is 1. The summed E-state index contributed by atoms with van der Waals surface area (Å²) in [7, 11) is 0. The first-order valence-electron chi connectivity index (χ1n) is 6.64. The lowest BCUT2D eigenvalue weighted by molar-refractivity contribution is -0.127. The molecular weight excluding hydrogens is 200 g/mol. The first-order valence-corrected chi connectivity index (χ1v) is 6.64. The Morgan fingerprint density at radius 1 is 1.19 bits per heavy atom. The van der Waals surface area contributed by atoms with Crippen LogP contribution in [0, 0.1) is 17.8 Å². The van der Waals surface area contributed by atoms with Crippen molar-refractivity contribution < 1.29 is 4.79 Å². The van der Waals surface area contributed by atoms with Gasteiger partial charge in [0.05, 0.1) is 6.04 Å². The topological polar surface area (TPSA) is 55.1 Å². The zero-order valence-electron chi connectivity index (χ0n) is 10.0. The molecule has 1 unspecified atom stereocenters. The van der Waals surface area contributed by atoms with E-state index in [4.69, 9.17) is 5.73 Å². The minimum Gasteiger partial charge on any atom is -0.349 e. The number of carbonyl (C=O) groups is 1. The van der Waals surface area contributed by atoms with Gasteiger partial charge in [-0.15, -0.1) is 0 Å². The molecule has 0 aromatic heterocycles. The van der Waals surface area contributed by atoms with E-state index in [9.17, 15) is 4.79 Å². The van der Waals surface area contributed by atoms with Gasteiger partial charge < -0.3 is 11.1 Å². The Balaban J connectivity index is 1.76. The van der Waals surface area contributed by atoms with Gasteiger partial charge in [-0.2, -0.15) is 0 Å². The zero-order chi connectivity index (χ0) is 11.3. The minimum atomic E-state index is -0.368. The Morgan fingerprint density at radius 2 is 1.62 bits per heavy atom. The Hall–Kier alpha value is -0.570. The van der Waals surface area contributed by atoms with Gasteiger partial charge in [0.15, 0.2) is 0 Å². The van der Waals surface area contributed by atoms with Crippen LogP contribution in [0.15, 0.2) is 0 Å². The highest BCUT2D eigenvalue weighted by Gasteiger charge is 2.51. The number of nitrogens with one attached hydrogen (secondary N) is 1. The molecule has 1 amide bonds. The highest BCUT2D eigenvalue weighted by molar-refractivity contribution is 5.81. The van der Waals surface area contributed by atoms with Crippen molar-refractivity contribution in [3.8, 4) is 0 Å². The van der Waals surface area contributed by atoms with Crippen LogP contribution in [0.25, 0.3) is 0 Å². The molecule has 4 fully saturated rings. The molecule has 3 heteroatoms. The van der Waals surface area contributed by atoms with Crippen molar-refractivity contribution in [1.29, 1.82) is 0 Å². The zero-order valence-corrected chi connectivity index (χ0v) is 10.0. The summed E-state index contributed by atoms with van der Waals surface area (Å²) in [5.41, 5.74) is 5.78. The molecule has 3 N–H and O–H groups in total. The predicted molar refractivity (Wildman–Crippen MR) is 62.7 cm³/mol. The molecule has 4 bridgehead atoms. The van der Waals surface area contributed by atoms with Gasteiger partial charge in [-0.3, -0.25) is 4.79 Å². The van der Waals surface area contributed by atoms with Crippen LogP contribution in [0.3, 0.4) is 0 Å². The van der Waals surface area contributed by atoms with Gasteiger partial charge in [-0.1, -0.05) is 0 Å². The van der Waals surface area contributed by atoms with Crippen LogP contribution in [-0.4, -0.2) is 17.5 Å². The summed E-state index contributed by atoms with van der Waals surface area (Å²) in [6.07, 6.45) is 7.85. The molecule has 0 heterocycles. The molecule has 4 saturated carbocycles. The molecule has 4 aliphatic carbocycles. The van der Waals surface area contributed by atoms with Crippen LogP contribution >= 0.6 is 0 Å². The molecule has 4 rings (SSSR count). The van der Waals surface area contributed by atoms with E-state index in [1.165, 1.54) is 38.5 Å². The van der Waals surface area contributed by atoms with Crippen molar-refractivity contribution in [2.75, 3.05) is 0 Å². The lowest BCUT2D eigenvalue weighted by Crippen LogP contribution is -2.61. The second kappa shape index (κ2) is 3.46. The Bertz CT molecular complexity index is 276. The molecule has 1 atom stereocenters. The van der Waals surface area contributed by atoms with Gasteiger partial charge in [0.2, 0.25) is 5.91 Å². The highest BCUT2D eigenvalue weighted by atomic mass is 16.2. The molecule has 16 heavy (non-hydrogen) atoms. The van der Waals surface area contributed by atoms with Crippen LogP contribution in [-0.2, 0) is 4.79 Å². The first-order chi connectivity index (χ1) is 7.56. The number of carbonyl (C=O) groups excluding carboxylic acids is 1. The average molecular weight is 222 g/mol. The summed E-state index contributed by atoms with van der Waals surface area (Å²) in [4.78, 5) is 11.8. The second-order valence-electron chi connectivity index (χ2n) is 6.48. The third kappa shape index (κ3) is 1.65. The van der Waals surface area contributed by atoms with Crippen molar-refractivity contribution in [1.82, 2.24) is 5.32 Å². The largest absolute Gasteiger partial charge is 0.349 e. The lowest BCUT2D eigenvalue weighted by atomic mass is 9.53. The van der Waals surface area contributed by atoms with Crippen molar-refractivity contribution in [2.24, 2.45) is 23.5 Å².